The molecule has 0 bridgehead atoms. The van der Waals surface area contributed by atoms with Gasteiger partial charge >= 0.3 is 12.4 Å². The summed E-state index contributed by atoms with van der Waals surface area (Å²) in [5.41, 5.74) is 3.06. The molecule has 374 valence electrons. The summed E-state index contributed by atoms with van der Waals surface area (Å²) < 4.78 is 95.5. The second-order valence-corrected chi connectivity index (χ2v) is 16.8. The molecule has 7 aromatic rings. The van der Waals surface area contributed by atoms with Crippen molar-refractivity contribution >= 4 is 45.8 Å². The summed E-state index contributed by atoms with van der Waals surface area (Å²) >= 11 is 0. The van der Waals surface area contributed by atoms with Gasteiger partial charge in [-0.2, -0.15) is 31.3 Å². The number of pyridine rings is 2. The predicted octanol–water partition coefficient (Wildman–Crippen LogP) is 7.14. The number of hydrogen-bond acceptors (Lipinski definition) is 13. The van der Waals surface area contributed by atoms with Gasteiger partial charge < -0.3 is 30.9 Å². The van der Waals surface area contributed by atoms with Crippen LogP contribution >= 0.6 is 0 Å². The summed E-state index contributed by atoms with van der Waals surface area (Å²) in [6, 6.07) is 20.7. The van der Waals surface area contributed by atoms with Crippen LogP contribution in [-0.2, 0) is 35.7 Å². The summed E-state index contributed by atoms with van der Waals surface area (Å²) in [5.74, 6) is 4.57. The number of benzene rings is 2. The maximum Gasteiger partial charge on any atom is 0.418 e. The predicted molar refractivity (Wildman–Crippen MR) is 256 cm³/mol. The van der Waals surface area contributed by atoms with E-state index in [0.29, 0.717) is 28.5 Å². The maximum atomic E-state index is 13.4. The Bertz CT molecular complexity index is 3170. The molecular formula is C49H46F7N13O3. The lowest BCUT2D eigenvalue weighted by atomic mass is 10.1. The minimum absolute atomic E-state index is 0.0922. The van der Waals surface area contributed by atoms with E-state index in [9.17, 15) is 45.4 Å². The van der Waals surface area contributed by atoms with Crippen molar-refractivity contribution in [3.63, 3.8) is 0 Å². The maximum absolute atomic E-state index is 13.4. The molecule has 1 aliphatic rings. The topological polar surface area (TPSA) is 189 Å². The number of nitrogens with two attached hydrogens (primary N) is 1. The molecule has 0 radical (unpaired) electrons. The zero-order chi connectivity index (χ0) is 52.0. The van der Waals surface area contributed by atoms with Crippen LogP contribution in [-0.4, -0.2) is 95.2 Å². The van der Waals surface area contributed by atoms with E-state index in [1.807, 2.05) is 12.1 Å². The fraction of sp³-hybridized carbons (Fsp3) is 0.265. The van der Waals surface area contributed by atoms with E-state index < -0.39 is 52.9 Å². The molecule has 6 heterocycles. The molecule has 0 spiro atoms. The van der Waals surface area contributed by atoms with Gasteiger partial charge in [-0.1, -0.05) is 18.1 Å². The molecule has 23 heteroatoms. The van der Waals surface area contributed by atoms with Crippen molar-refractivity contribution in [2.45, 2.75) is 44.8 Å². The number of nitrogens with zero attached hydrogens (tertiary/aromatic N) is 11. The number of amides is 1. The number of anilines is 5. The van der Waals surface area contributed by atoms with Crippen molar-refractivity contribution in [1.29, 1.82) is 0 Å². The summed E-state index contributed by atoms with van der Waals surface area (Å²) in [7, 11) is 2.15. The lowest BCUT2D eigenvalue weighted by Gasteiger charge is -2.34. The van der Waals surface area contributed by atoms with Crippen LogP contribution < -0.4 is 26.4 Å². The number of aliphatic hydroxyl groups is 1. The van der Waals surface area contributed by atoms with Crippen LogP contribution in [0.4, 0.5) is 59.6 Å². The van der Waals surface area contributed by atoms with Crippen molar-refractivity contribution < 1.29 is 40.6 Å². The molecule has 72 heavy (non-hydrogen) atoms. The van der Waals surface area contributed by atoms with Crippen LogP contribution in [0.15, 0.2) is 115 Å². The molecule has 4 N–H and O–H groups in total. The van der Waals surface area contributed by atoms with Gasteiger partial charge in [0.2, 0.25) is 11.9 Å². The average Bonchev–Trinajstić information content (AvgIpc) is 3.60. The summed E-state index contributed by atoms with van der Waals surface area (Å²) in [6.07, 6.45) is -7.85. The Morgan fingerprint density at radius 2 is 1.61 bits per heavy atom. The van der Waals surface area contributed by atoms with E-state index >= 15 is 0 Å². The van der Waals surface area contributed by atoms with Crippen LogP contribution in [0, 0.1) is 17.7 Å². The third-order valence-electron chi connectivity index (χ3n) is 11.0. The zero-order valence-electron chi connectivity index (χ0n) is 38.9. The summed E-state index contributed by atoms with van der Waals surface area (Å²) in [4.78, 5) is 48.7. The lowest BCUT2D eigenvalue weighted by Crippen LogP contribution is -2.44. The van der Waals surface area contributed by atoms with Crippen molar-refractivity contribution in [2.75, 3.05) is 60.6 Å². The molecule has 1 aliphatic heterocycles. The molecule has 0 saturated carbocycles. The van der Waals surface area contributed by atoms with Gasteiger partial charge in [0.05, 0.1) is 42.0 Å². The molecule has 0 unspecified atom stereocenters. The van der Waals surface area contributed by atoms with Gasteiger partial charge in [-0.25, -0.2) is 23.7 Å². The molecule has 1 fully saturated rings. The van der Waals surface area contributed by atoms with Gasteiger partial charge in [-0.15, -0.1) is 16.8 Å². The molecule has 0 atom stereocenters. The Hall–Kier alpha value is -8.23. The second-order valence-electron chi connectivity index (χ2n) is 16.8. The number of likely N-dealkylation sites (N-methyl/N-ethyl adjacent to an activating group) is 1. The molecule has 1 saturated heterocycles. The Kier molecular flexibility index (Phi) is 15.3. The van der Waals surface area contributed by atoms with Crippen molar-refractivity contribution in [3.8, 4) is 17.7 Å². The van der Waals surface area contributed by atoms with Crippen LogP contribution in [0.5, 0.6) is 0 Å². The molecule has 16 nitrogen and oxygen atoms in total. The number of alkyl halides is 6. The monoisotopic (exact) mass is 997 g/mol. The molecule has 5 aromatic heterocycles. The molecule has 8 rings (SSSR count). The van der Waals surface area contributed by atoms with E-state index in [1.165, 1.54) is 40.8 Å². The number of hydrogen-bond donors (Lipinski definition) is 3. The van der Waals surface area contributed by atoms with Gasteiger partial charge in [0.15, 0.2) is 11.5 Å². The van der Waals surface area contributed by atoms with E-state index in [4.69, 9.17) is 10.7 Å². The van der Waals surface area contributed by atoms with Crippen LogP contribution in [0.1, 0.15) is 42.1 Å². The number of carbonyl (C=O) groups is 1. The van der Waals surface area contributed by atoms with Gasteiger partial charge in [0.25, 0.3) is 5.56 Å². The van der Waals surface area contributed by atoms with Crippen molar-refractivity contribution in [2.24, 2.45) is 0 Å². The number of nitrogens with one attached hydrogen (secondary N) is 1. The number of aromatic nitrogens is 8. The Balaban J connectivity index is 0.000000212. The first-order valence-electron chi connectivity index (χ1n) is 22.0. The van der Waals surface area contributed by atoms with Crippen LogP contribution in [0.25, 0.3) is 16.9 Å². The number of nitrogen functional groups attached to an aromatic ring is 1. The van der Waals surface area contributed by atoms with Gasteiger partial charge in [-0.05, 0) is 106 Å². The summed E-state index contributed by atoms with van der Waals surface area (Å²) in [6.45, 7) is 11.1. The largest absolute Gasteiger partial charge is 0.418 e. The minimum atomic E-state index is -5.20. The van der Waals surface area contributed by atoms with E-state index in [0.717, 1.165) is 48.9 Å². The normalized spacial score (nSPS) is 13.2. The van der Waals surface area contributed by atoms with Crippen LogP contribution in [0.3, 0.4) is 0 Å². The molecule has 2 aromatic carbocycles. The molecule has 0 aliphatic carbocycles. The van der Waals surface area contributed by atoms with Gasteiger partial charge in [0, 0.05) is 55.6 Å². The van der Waals surface area contributed by atoms with E-state index in [1.54, 1.807) is 42.8 Å². The number of halogens is 7. The number of carbonyl (C=O) groups excluding carboxylic acids is 1. The van der Waals surface area contributed by atoms with Gasteiger partial charge in [-0.3, -0.25) is 14.6 Å². The third-order valence-corrected chi connectivity index (χ3v) is 11.0. The zero-order valence-corrected chi connectivity index (χ0v) is 38.9. The number of piperazine rings is 1. The smallest absolute Gasteiger partial charge is 0.384 e. The highest BCUT2D eigenvalue weighted by molar-refractivity contribution is 5.95. The van der Waals surface area contributed by atoms with Crippen molar-refractivity contribution in [3.05, 3.63) is 154 Å². The fourth-order valence-electron chi connectivity index (χ4n) is 7.28. The Morgan fingerprint density at radius 3 is 2.24 bits per heavy atom. The number of fused-ring (bicyclic) bond motifs is 1. The highest BCUT2D eigenvalue weighted by atomic mass is 19.4. The average molecular weight is 998 g/mol. The first kappa shape index (κ1) is 51.6. The summed E-state index contributed by atoms with van der Waals surface area (Å²) in [5, 5.41) is 21.4. The first-order chi connectivity index (χ1) is 34.1. The Labute approximate surface area is 407 Å². The van der Waals surface area contributed by atoms with Crippen molar-refractivity contribution in [1.82, 2.24) is 44.4 Å². The highest BCUT2D eigenvalue weighted by Gasteiger charge is 2.39. The van der Waals surface area contributed by atoms with Gasteiger partial charge in [0.1, 0.15) is 28.3 Å². The van der Waals surface area contributed by atoms with Crippen LogP contribution in [0.2, 0.25) is 0 Å². The quantitative estimate of drug-likeness (QED) is 0.0675. The number of allylic oxidation sites excluding steroid dienone is 1. The van der Waals surface area contributed by atoms with E-state index in [-0.39, 0.29) is 48.1 Å². The number of rotatable bonds is 11. The highest BCUT2D eigenvalue weighted by Crippen LogP contribution is 2.37. The third kappa shape index (κ3) is 12.6. The Morgan fingerprint density at radius 1 is 0.903 bits per heavy atom. The lowest BCUT2D eigenvalue weighted by molar-refractivity contribution is -0.144. The fourth-order valence-corrected chi connectivity index (χ4v) is 7.28. The minimum Gasteiger partial charge on any atom is -0.384 e. The SMILES string of the molecule is C=CCn1c(=O)c2cnc(Nc3ccc(N4CCN(C)CC4)cc3)nc2n1-c1cccc(C(C)(C)O)n1.Nc1ccc(C#CCN(C(=O)Cc2ncc(C(F)(F)F)cc2C(F)(F)F)c2ccc(F)cc2)nn1. The second kappa shape index (κ2) is 21.4. The molecule has 1 amide bonds. The first-order valence-corrected chi connectivity index (χ1v) is 22.0. The molecular weight excluding hydrogens is 952 g/mol. The standard InChI is InChI=1S/C27H32N8O2.C22H14F7N5O/c1-5-13-34-25(36)21-18-28-26(29-19-9-11-20(12-10-19)33-16-14-32(4)15-17-33)31-24(21)35(34)23-8-6-7-22(30-23)27(2,3)37;23-14-3-6-16(7-4-14)34(9-1-2-15-5-8-19(30)33-32-15)20(35)11-18-17(22(27,28)29)10-13(12-31-18)21(24,25)26/h5-12,18,37H,1,13-17H2,2-4H3,(H,28,29,31);3-8,10,12H,9,11H2,(H2,30,33). The van der Waals surface area contributed by atoms with E-state index in [2.05, 4.69) is 77.9 Å².